The third kappa shape index (κ3) is 6.09. The standard InChI is InChI=1S/C31H32N2O5/c1-4-5-6-16-35-23-12-10-22(11-13-23)29-25-15-14-24(17-27(25)38-31(33)26(29)18-32)37-28(34)19-36-30-20(2)8-7-9-21(30)3/h7-15,17,29H,4-6,16,19,33H2,1-3H3. The van der Waals surface area contributed by atoms with Crippen LogP contribution in [-0.4, -0.2) is 19.2 Å². The summed E-state index contributed by atoms with van der Waals surface area (Å²) >= 11 is 0. The van der Waals surface area contributed by atoms with Gasteiger partial charge in [-0.15, -0.1) is 0 Å². The SMILES string of the molecule is CCCCCOc1ccc(C2C(C#N)=C(N)Oc3cc(OC(=O)COc4c(C)cccc4C)ccc32)cc1. The summed E-state index contributed by atoms with van der Waals surface area (Å²) in [5, 5.41) is 9.83. The minimum absolute atomic E-state index is 0.0201. The molecule has 0 spiro atoms. The van der Waals surface area contributed by atoms with Crippen molar-refractivity contribution in [1.82, 2.24) is 0 Å². The second kappa shape index (κ2) is 12.2. The van der Waals surface area contributed by atoms with Crippen molar-refractivity contribution in [2.75, 3.05) is 13.2 Å². The van der Waals surface area contributed by atoms with Gasteiger partial charge in [-0.05, 0) is 55.2 Å². The molecule has 1 aliphatic heterocycles. The summed E-state index contributed by atoms with van der Waals surface area (Å²) in [7, 11) is 0. The quantitative estimate of drug-likeness (QED) is 0.200. The molecule has 0 bridgehead atoms. The summed E-state index contributed by atoms with van der Waals surface area (Å²) in [6.07, 6.45) is 3.27. The number of unbranched alkanes of at least 4 members (excludes halogenated alkanes) is 2. The number of ether oxygens (including phenoxy) is 4. The number of nitrogens with two attached hydrogens (primary N) is 1. The van der Waals surface area contributed by atoms with Crippen LogP contribution in [0.2, 0.25) is 0 Å². The van der Waals surface area contributed by atoms with Crippen molar-refractivity contribution in [3.63, 3.8) is 0 Å². The van der Waals surface area contributed by atoms with E-state index < -0.39 is 11.9 Å². The predicted octanol–water partition coefficient (Wildman–Crippen LogP) is 6.08. The Morgan fingerprint density at radius 1 is 1.00 bits per heavy atom. The van der Waals surface area contributed by atoms with Gasteiger partial charge in [0.05, 0.1) is 12.5 Å². The average molecular weight is 513 g/mol. The number of esters is 1. The van der Waals surface area contributed by atoms with E-state index in [0.29, 0.717) is 29.4 Å². The van der Waals surface area contributed by atoms with E-state index in [2.05, 4.69) is 13.0 Å². The Labute approximate surface area is 223 Å². The number of hydrogen-bond acceptors (Lipinski definition) is 7. The van der Waals surface area contributed by atoms with E-state index >= 15 is 0 Å². The van der Waals surface area contributed by atoms with E-state index in [0.717, 1.165) is 47.3 Å². The second-order valence-corrected chi connectivity index (χ2v) is 9.23. The van der Waals surface area contributed by atoms with Gasteiger partial charge < -0.3 is 24.7 Å². The molecular formula is C31H32N2O5. The van der Waals surface area contributed by atoms with Gasteiger partial charge in [-0.1, -0.05) is 56.2 Å². The molecule has 1 atom stereocenters. The van der Waals surface area contributed by atoms with Crippen molar-refractivity contribution in [1.29, 1.82) is 5.26 Å². The lowest BCUT2D eigenvalue weighted by Crippen LogP contribution is -2.22. The van der Waals surface area contributed by atoms with Crippen LogP contribution in [0.4, 0.5) is 0 Å². The molecule has 2 N–H and O–H groups in total. The van der Waals surface area contributed by atoms with Gasteiger partial charge in [0.15, 0.2) is 6.61 Å². The molecule has 0 radical (unpaired) electrons. The third-order valence-corrected chi connectivity index (χ3v) is 6.40. The highest BCUT2D eigenvalue weighted by atomic mass is 16.6. The van der Waals surface area contributed by atoms with E-state index in [-0.39, 0.29) is 12.5 Å². The first-order valence-corrected chi connectivity index (χ1v) is 12.7. The van der Waals surface area contributed by atoms with Gasteiger partial charge in [0.25, 0.3) is 0 Å². The Bertz CT molecular complexity index is 1350. The van der Waals surface area contributed by atoms with Crippen LogP contribution in [0.3, 0.4) is 0 Å². The highest BCUT2D eigenvalue weighted by molar-refractivity contribution is 5.74. The van der Waals surface area contributed by atoms with Crippen LogP contribution in [0.1, 0.15) is 54.4 Å². The number of nitriles is 1. The molecule has 38 heavy (non-hydrogen) atoms. The molecule has 196 valence electrons. The molecule has 3 aromatic rings. The number of nitrogens with zero attached hydrogens (tertiary/aromatic N) is 1. The van der Waals surface area contributed by atoms with Crippen LogP contribution in [-0.2, 0) is 4.79 Å². The molecule has 0 amide bonds. The van der Waals surface area contributed by atoms with Crippen LogP contribution >= 0.6 is 0 Å². The van der Waals surface area contributed by atoms with Gasteiger partial charge in [-0.3, -0.25) is 0 Å². The molecule has 1 unspecified atom stereocenters. The Balaban J connectivity index is 1.49. The van der Waals surface area contributed by atoms with Crippen molar-refractivity contribution in [2.24, 2.45) is 5.73 Å². The third-order valence-electron chi connectivity index (χ3n) is 6.40. The smallest absolute Gasteiger partial charge is 0.349 e. The summed E-state index contributed by atoms with van der Waals surface area (Å²) in [5.74, 6) is 1.21. The lowest BCUT2D eigenvalue weighted by Gasteiger charge is -2.26. The highest BCUT2D eigenvalue weighted by Crippen LogP contribution is 2.43. The first-order valence-electron chi connectivity index (χ1n) is 12.7. The zero-order chi connectivity index (χ0) is 27.1. The van der Waals surface area contributed by atoms with E-state index in [1.54, 1.807) is 18.2 Å². The van der Waals surface area contributed by atoms with E-state index in [1.807, 2.05) is 56.3 Å². The summed E-state index contributed by atoms with van der Waals surface area (Å²) in [6, 6.07) is 20.7. The first-order chi connectivity index (χ1) is 18.4. The number of fused-ring (bicyclic) bond motifs is 1. The zero-order valence-corrected chi connectivity index (χ0v) is 22.0. The van der Waals surface area contributed by atoms with Crippen molar-refractivity contribution in [3.8, 4) is 29.1 Å². The lowest BCUT2D eigenvalue weighted by atomic mass is 9.83. The average Bonchev–Trinajstić information content (AvgIpc) is 2.90. The van der Waals surface area contributed by atoms with Crippen molar-refractivity contribution < 1.29 is 23.7 Å². The Morgan fingerprint density at radius 2 is 1.71 bits per heavy atom. The Kier molecular flexibility index (Phi) is 8.55. The molecule has 0 fully saturated rings. The van der Waals surface area contributed by atoms with E-state index in [4.69, 9.17) is 24.7 Å². The number of allylic oxidation sites excluding steroid dienone is 1. The largest absolute Gasteiger partial charge is 0.494 e. The van der Waals surface area contributed by atoms with Gasteiger partial charge in [-0.25, -0.2) is 4.79 Å². The van der Waals surface area contributed by atoms with Gasteiger partial charge in [-0.2, -0.15) is 5.26 Å². The lowest BCUT2D eigenvalue weighted by molar-refractivity contribution is -0.136. The number of para-hydroxylation sites is 1. The predicted molar refractivity (Wildman–Crippen MR) is 144 cm³/mol. The summed E-state index contributed by atoms with van der Waals surface area (Å²) in [4.78, 5) is 12.5. The summed E-state index contributed by atoms with van der Waals surface area (Å²) in [6.45, 7) is 6.43. The van der Waals surface area contributed by atoms with Crippen LogP contribution in [0, 0.1) is 25.2 Å². The van der Waals surface area contributed by atoms with E-state index in [1.165, 1.54) is 0 Å². The Hall–Kier alpha value is -4.44. The molecule has 0 saturated heterocycles. The fourth-order valence-corrected chi connectivity index (χ4v) is 4.46. The van der Waals surface area contributed by atoms with Crippen LogP contribution in [0.5, 0.6) is 23.0 Å². The summed E-state index contributed by atoms with van der Waals surface area (Å²) < 4.78 is 22.8. The molecule has 0 aliphatic carbocycles. The van der Waals surface area contributed by atoms with Crippen molar-refractivity contribution in [2.45, 2.75) is 46.0 Å². The first kappa shape index (κ1) is 26.6. The fourth-order valence-electron chi connectivity index (χ4n) is 4.46. The molecule has 1 heterocycles. The van der Waals surface area contributed by atoms with Gasteiger partial charge in [0.1, 0.15) is 34.6 Å². The molecule has 1 aliphatic rings. The van der Waals surface area contributed by atoms with Gasteiger partial charge >= 0.3 is 5.97 Å². The maximum atomic E-state index is 12.5. The highest BCUT2D eigenvalue weighted by Gasteiger charge is 2.31. The topological polar surface area (TPSA) is 104 Å². The summed E-state index contributed by atoms with van der Waals surface area (Å²) in [5.41, 5.74) is 9.96. The zero-order valence-electron chi connectivity index (χ0n) is 22.0. The van der Waals surface area contributed by atoms with Crippen LogP contribution in [0.25, 0.3) is 0 Å². The second-order valence-electron chi connectivity index (χ2n) is 9.23. The minimum atomic E-state index is -0.546. The molecule has 0 saturated carbocycles. The molecular weight excluding hydrogens is 480 g/mol. The molecule has 0 aromatic heterocycles. The number of rotatable bonds is 10. The number of hydrogen-bond donors (Lipinski definition) is 1. The number of aryl methyl sites for hydroxylation is 2. The van der Waals surface area contributed by atoms with Crippen molar-refractivity contribution in [3.05, 3.63) is 94.4 Å². The molecule has 7 heteroatoms. The van der Waals surface area contributed by atoms with Gasteiger partial charge in [0.2, 0.25) is 5.88 Å². The minimum Gasteiger partial charge on any atom is -0.494 e. The monoisotopic (exact) mass is 512 g/mol. The van der Waals surface area contributed by atoms with E-state index in [9.17, 15) is 10.1 Å². The molecule has 7 nitrogen and oxygen atoms in total. The van der Waals surface area contributed by atoms with Crippen molar-refractivity contribution >= 4 is 5.97 Å². The normalized spacial score (nSPS) is 14.2. The fraction of sp³-hybridized carbons (Fsp3) is 0.290. The Morgan fingerprint density at radius 3 is 2.39 bits per heavy atom. The number of carbonyl (C=O) groups is 1. The molecule has 4 rings (SSSR count). The van der Waals surface area contributed by atoms with Gasteiger partial charge in [0, 0.05) is 11.6 Å². The maximum absolute atomic E-state index is 12.5. The maximum Gasteiger partial charge on any atom is 0.349 e. The van der Waals surface area contributed by atoms with Crippen LogP contribution < -0.4 is 24.7 Å². The van der Waals surface area contributed by atoms with Crippen LogP contribution in [0.15, 0.2) is 72.1 Å². The number of carbonyl (C=O) groups excluding carboxylic acids is 1. The molecule has 3 aromatic carbocycles. The number of benzene rings is 3.